The maximum atomic E-state index is 12.7. The number of H-pyrrole nitrogens is 1. The smallest absolute Gasteiger partial charge is 0.352 e. The molecular weight excluding hydrogens is 440 g/mol. The Labute approximate surface area is 186 Å². The van der Waals surface area contributed by atoms with Crippen molar-refractivity contribution in [2.24, 2.45) is 0 Å². The molecule has 0 bridgehead atoms. The molecule has 0 saturated carbocycles. The summed E-state index contributed by atoms with van der Waals surface area (Å²) < 4.78 is 0. The number of carbonyl (C=O) groups excluding carboxylic acids is 2. The summed E-state index contributed by atoms with van der Waals surface area (Å²) in [5.41, 5.74) is 1.91. The third-order valence-corrected chi connectivity index (χ3v) is 7.33. The van der Waals surface area contributed by atoms with Gasteiger partial charge in [-0.15, -0.1) is 23.5 Å². The monoisotopic (exact) mass is 460 g/mol. The van der Waals surface area contributed by atoms with Gasteiger partial charge in [0, 0.05) is 17.2 Å². The molecule has 0 spiro atoms. The summed E-state index contributed by atoms with van der Waals surface area (Å²) in [4.78, 5) is 38.3. The van der Waals surface area contributed by atoms with E-state index in [-0.39, 0.29) is 5.70 Å². The van der Waals surface area contributed by atoms with Crippen molar-refractivity contribution < 1.29 is 24.6 Å². The zero-order valence-corrected chi connectivity index (χ0v) is 18.1. The standard InChI is InChI=1S/C20H20N4O5S2/c1-10-7-13(23-22-10)30-8-12-9-31-19-14(18(27)24(19)15(12)20(28)29)21-17(26)16(25)11-5-3-2-4-6-11/h2-7,14,16,19,25H,8-9H2,1H3,(H,21,26)(H,22,23)(H,28,29)/t14?,16-,19-/m1/s1. The topological polar surface area (TPSA) is 136 Å². The highest BCUT2D eigenvalue weighted by atomic mass is 32.2. The van der Waals surface area contributed by atoms with Crippen LogP contribution in [0, 0.1) is 6.92 Å². The first kappa shape index (κ1) is 21.5. The number of nitrogens with zero attached hydrogens (tertiary/aromatic N) is 2. The number of amides is 2. The van der Waals surface area contributed by atoms with Crippen LogP contribution in [-0.4, -0.2) is 66.0 Å². The molecule has 2 aromatic rings. The van der Waals surface area contributed by atoms with Crippen LogP contribution in [0.1, 0.15) is 17.4 Å². The van der Waals surface area contributed by atoms with E-state index in [0.29, 0.717) is 22.6 Å². The highest BCUT2D eigenvalue weighted by Gasteiger charge is 2.54. The lowest BCUT2D eigenvalue weighted by molar-refractivity contribution is -0.151. The van der Waals surface area contributed by atoms with Crippen LogP contribution in [0.4, 0.5) is 0 Å². The molecule has 1 unspecified atom stereocenters. The number of carbonyl (C=O) groups is 3. The fourth-order valence-corrected chi connectivity index (χ4v) is 5.85. The predicted molar refractivity (Wildman–Crippen MR) is 115 cm³/mol. The van der Waals surface area contributed by atoms with Gasteiger partial charge in [0.2, 0.25) is 0 Å². The van der Waals surface area contributed by atoms with Crippen molar-refractivity contribution in [1.82, 2.24) is 20.4 Å². The number of β-lactam (4-membered cyclic amide) rings is 1. The number of carboxylic acids is 1. The first-order chi connectivity index (χ1) is 14.9. The summed E-state index contributed by atoms with van der Waals surface area (Å²) in [5, 5.41) is 29.7. The molecule has 0 radical (unpaired) electrons. The number of benzene rings is 1. The number of aromatic amines is 1. The Bertz CT molecular complexity index is 1050. The number of carboxylic acid groups (broad SMARTS) is 1. The molecule has 2 aliphatic heterocycles. The number of aliphatic hydroxyl groups excluding tert-OH is 1. The second kappa shape index (κ2) is 8.77. The van der Waals surface area contributed by atoms with Crippen molar-refractivity contribution in [3.05, 3.63) is 58.9 Å². The van der Waals surface area contributed by atoms with Crippen molar-refractivity contribution in [3.63, 3.8) is 0 Å². The van der Waals surface area contributed by atoms with Gasteiger partial charge in [-0.05, 0) is 24.1 Å². The van der Waals surface area contributed by atoms with Gasteiger partial charge < -0.3 is 15.5 Å². The van der Waals surface area contributed by atoms with Gasteiger partial charge in [-0.2, -0.15) is 5.10 Å². The number of fused-ring (bicyclic) bond motifs is 1. The minimum atomic E-state index is -1.41. The SMILES string of the molecule is Cc1cc(SCC2=C(C(=O)O)N3C(=O)C(NC(=O)[C@H](O)c4ccccc4)[C@H]3SC2)n[nH]1. The van der Waals surface area contributed by atoms with Crippen LogP contribution in [0.5, 0.6) is 0 Å². The average Bonchev–Trinajstić information content (AvgIpc) is 3.20. The maximum absolute atomic E-state index is 12.7. The lowest BCUT2D eigenvalue weighted by Crippen LogP contribution is -2.70. The van der Waals surface area contributed by atoms with Gasteiger partial charge in [0.25, 0.3) is 11.8 Å². The van der Waals surface area contributed by atoms with Crippen LogP contribution in [0.3, 0.4) is 0 Å². The Morgan fingerprint density at radius 3 is 2.77 bits per heavy atom. The van der Waals surface area contributed by atoms with Gasteiger partial charge in [0.1, 0.15) is 22.1 Å². The molecule has 9 nitrogen and oxygen atoms in total. The largest absolute Gasteiger partial charge is 0.477 e. The zero-order valence-electron chi connectivity index (χ0n) is 16.4. The molecule has 2 aliphatic rings. The van der Waals surface area contributed by atoms with Gasteiger partial charge in [0.05, 0.1) is 0 Å². The highest BCUT2D eigenvalue weighted by Crippen LogP contribution is 2.41. The summed E-state index contributed by atoms with van der Waals surface area (Å²) in [6.45, 7) is 1.88. The fourth-order valence-electron chi connectivity index (χ4n) is 3.44. The number of aromatic nitrogens is 2. The number of hydrogen-bond acceptors (Lipinski definition) is 7. The van der Waals surface area contributed by atoms with Gasteiger partial charge in [-0.25, -0.2) is 4.79 Å². The van der Waals surface area contributed by atoms with E-state index in [1.807, 2.05) is 13.0 Å². The molecule has 1 aromatic heterocycles. The summed E-state index contributed by atoms with van der Waals surface area (Å²) in [6, 6.07) is 9.38. The van der Waals surface area contributed by atoms with Crippen molar-refractivity contribution >= 4 is 41.3 Å². The Morgan fingerprint density at radius 2 is 2.13 bits per heavy atom. The Hall–Kier alpha value is -2.76. The van der Waals surface area contributed by atoms with Crippen LogP contribution < -0.4 is 5.32 Å². The van der Waals surface area contributed by atoms with Crippen LogP contribution >= 0.6 is 23.5 Å². The summed E-state index contributed by atoms with van der Waals surface area (Å²) in [7, 11) is 0. The van der Waals surface area contributed by atoms with E-state index in [1.54, 1.807) is 30.3 Å². The van der Waals surface area contributed by atoms with Gasteiger partial charge >= 0.3 is 5.97 Å². The number of thioether (sulfide) groups is 2. The van der Waals surface area contributed by atoms with E-state index in [4.69, 9.17) is 0 Å². The molecular formula is C20H20N4O5S2. The maximum Gasteiger partial charge on any atom is 0.352 e. The van der Waals surface area contributed by atoms with E-state index in [2.05, 4.69) is 15.5 Å². The van der Waals surface area contributed by atoms with E-state index < -0.39 is 35.3 Å². The molecule has 2 amide bonds. The first-order valence-corrected chi connectivity index (χ1v) is 11.5. The number of hydrogen-bond donors (Lipinski definition) is 4. The highest BCUT2D eigenvalue weighted by molar-refractivity contribution is 8.01. The van der Waals surface area contributed by atoms with Crippen molar-refractivity contribution in [1.29, 1.82) is 0 Å². The molecule has 3 heterocycles. The lowest BCUT2D eigenvalue weighted by Gasteiger charge is -2.49. The molecule has 3 atom stereocenters. The second-order valence-corrected chi connectivity index (χ2v) is 9.25. The predicted octanol–water partition coefficient (Wildman–Crippen LogP) is 1.28. The van der Waals surface area contributed by atoms with Crippen molar-refractivity contribution in [2.45, 2.75) is 29.5 Å². The molecule has 1 aromatic carbocycles. The number of aliphatic carboxylic acids is 1. The van der Waals surface area contributed by atoms with Crippen molar-refractivity contribution in [3.8, 4) is 0 Å². The molecule has 0 aliphatic carbocycles. The molecule has 1 saturated heterocycles. The summed E-state index contributed by atoms with van der Waals surface area (Å²) in [5.74, 6) is -1.57. The first-order valence-electron chi connectivity index (χ1n) is 9.45. The minimum Gasteiger partial charge on any atom is -0.477 e. The number of aliphatic hydroxyl groups is 1. The molecule has 1 fully saturated rings. The van der Waals surface area contributed by atoms with Crippen LogP contribution in [0.2, 0.25) is 0 Å². The third-order valence-electron chi connectivity index (χ3n) is 4.99. The van der Waals surface area contributed by atoms with Crippen LogP contribution in [0.25, 0.3) is 0 Å². The molecule has 162 valence electrons. The molecule has 4 N–H and O–H groups in total. The quantitative estimate of drug-likeness (QED) is 0.358. The number of aryl methyl sites for hydroxylation is 1. The summed E-state index contributed by atoms with van der Waals surface area (Å²) >= 11 is 2.78. The van der Waals surface area contributed by atoms with E-state index in [9.17, 15) is 24.6 Å². The van der Waals surface area contributed by atoms with Crippen molar-refractivity contribution in [2.75, 3.05) is 11.5 Å². The van der Waals surface area contributed by atoms with Gasteiger partial charge in [-0.1, -0.05) is 30.3 Å². The minimum absolute atomic E-state index is 0.0392. The average molecular weight is 461 g/mol. The molecule has 4 rings (SSSR count). The van der Waals surface area contributed by atoms with E-state index in [0.717, 1.165) is 10.7 Å². The second-order valence-electron chi connectivity index (χ2n) is 7.14. The van der Waals surface area contributed by atoms with E-state index >= 15 is 0 Å². The molecule has 11 heteroatoms. The number of nitrogens with one attached hydrogen (secondary N) is 2. The molecule has 31 heavy (non-hydrogen) atoms. The lowest BCUT2D eigenvalue weighted by atomic mass is 10.0. The summed E-state index contributed by atoms with van der Waals surface area (Å²) in [6.07, 6.45) is -1.41. The van der Waals surface area contributed by atoms with Crippen LogP contribution in [0.15, 0.2) is 52.7 Å². The fraction of sp³-hybridized carbons (Fsp3) is 0.300. The Balaban J connectivity index is 1.45. The Kier molecular flexibility index (Phi) is 6.08. The number of rotatable bonds is 7. The van der Waals surface area contributed by atoms with E-state index in [1.165, 1.54) is 28.4 Å². The zero-order chi connectivity index (χ0) is 22.1. The third kappa shape index (κ3) is 4.21. The van der Waals surface area contributed by atoms with Crippen LogP contribution in [-0.2, 0) is 14.4 Å². The van der Waals surface area contributed by atoms with Gasteiger partial charge in [-0.3, -0.25) is 19.6 Å². The van der Waals surface area contributed by atoms with Gasteiger partial charge in [0.15, 0.2) is 6.10 Å². The Morgan fingerprint density at radius 1 is 1.39 bits per heavy atom. The normalized spacial score (nSPS) is 21.4.